The Balaban J connectivity index is 2.05. The van der Waals surface area contributed by atoms with E-state index in [1.165, 1.54) is 5.56 Å². The monoisotopic (exact) mass is 281 g/mol. The van der Waals surface area contributed by atoms with Crippen molar-refractivity contribution in [3.63, 3.8) is 0 Å². The zero-order valence-corrected chi connectivity index (χ0v) is 12.0. The summed E-state index contributed by atoms with van der Waals surface area (Å²) in [5, 5.41) is 11.5. The van der Waals surface area contributed by atoms with Crippen LogP contribution in [0.25, 0.3) is 10.9 Å². The molecule has 3 aromatic rings. The third-order valence-electron chi connectivity index (χ3n) is 3.14. The molecule has 0 amide bonds. The van der Waals surface area contributed by atoms with Gasteiger partial charge in [-0.05, 0) is 31.2 Å². The molecule has 20 heavy (non-hydrogen) atoms. The summed E-state index contributed by atoms with van der Waals surface area (Å²) >= 11 is 1.60. The van der Waals surface area contributed by atoms with Gasteiger partial charge in [0, 0.05) is 15.8 Å². The highest BCUT2D eigenvalue weighted by Crippen LogP contribution is 2.31. The summed E-state index contributed by atoms with van der Waals surface area (Å²) in [6.07, 6.45) is 0. The Bertz CT molecular complexity index is 755. The van der Waals surface area contributed by atoms with Crippen LogP contribution < -0.4 is 0 Å². The van der Waals surface area contributed by atoms with Gasteiger partial charge >= 0.3 is 0 Å². The predicted octanol–water partition coefficient (Wildman–Crippen LogP) is 4.19. The lowest BCUT2D eigenvalue weighted by molar-refractivity contribution is 0.278. The van der Waals surface area contributed by atoms with E-state index < -0.39 is 0 Å². The molecule has 0 unspecified atom stereocenters. The van der Waals surface area contributed by atoms with E-state index in [9.17, 15) is 5.11 Å². The van der Waals surface area contributed by atoms with Crippen LogP contribution in [-0.2, 0) is 6.61 Å². The molecule has 2 nitrogen and oxygen atoms in total. The first-order chi connectivity index (χ1) is 9.76. The van der Waals surface area contributed by atoms with E-state index in [0.717, 1.165) is 26.4 Å². The van der Waals surface area contributed by atoms with Gasteiger partial charge in [-0.2, -0.15) is 0 Å². The topological polar surface area (TPSA) is 33.1 Å². The van der Waals surface area contributed by atoms with E-state index in [1.54, 1.807) is 11.8 Å². The fourth-order valence-electron chi connectivity index (χ4n) is 2.13. The molecule has 2 aromatic carbocycles. The van der Waals surface area contributed by atoms with E-state index in [-0.39, 0.29) is 6.61 Å². The first-order valence-electron chi connectivity index (χ1n) is 6.50. The van der Waals surface area contributed by atoms with Gasteiger partial charge in [-0.15, -0.1) is 0 Å². The lowest BCUT2D eigenvalue weighted by Gasteiger charge is -2.08. The molecule has 0 saturated carbocycles. The van der Waals surface area contributed by atoms with Crippen LogP contribution in [0, 0.1) is 6.92 Å². The second-order valence-corrected chi connectivity index (χ2v) is 5.78. The number of aryl methyl sites for hydroxylation is 1. The highest BCUT2D eigenvalue weighted by atomic mass is 32.2. The number of hydrogen-bond acceptors (Lipinski definition) is 3. The van der Waals surface area contributed by atoms with E-state index in [4.69, 9.17) is 0 Å². The van der Waals surface area contributed by atoms with Crippen molar-refractivity contribution in [2.24, 2.45) is 0 Å². The van der Waals surface area contributed by atoms with E-state index in [2.05, 4.69) is 30.1 Å². The quantitative estimate of drug-likeness (QED) is 0.781. The summed E-state index contributed by atoms with van der Waals surface area (Å²) < 4.78 is 0. The van der Waals surface area contributed by atoms with Crippen molar-refractivity contribution in [1.29, 1.82) is 0 Å². The smallest absolute Gasteiger partial charge is 0.107 e. The largest absolute Gasteiger partial charge is 0.392 e. The number of aliphatic hydroxyl groups is 1. The van der Waals surface area contributed by atoms with Gasteiger partial charge in [0.2, 0.25) is 0 Å². The number of pyridine rings is 1. The van der Waals surface area contributed by atoms with E-state index in [0.29, 0.717) is 0 Å². The van der Waals surface area contributed by atoms with Crippen molar-refractivity contribution >= 4 is 22.7 Å². The molecular formula is C17H15NOS. The molecule has 0 aliphatic heterocycles. The molecule has 0 radical (unpaired) electrons. The van der Waals surface area contributed by atoms with Gasteiger partial charge in [-0.25, -0.2) is 4.98 Å². The highest BCUT2D eigenvalue weighted by Gasteiger charge is 2.08. The summed E-state index contributed by atoms with van der Waals surface area (Å²) in [6.45, 7) is 2.08. The maximum Gasteiger partial charge on any atom is 0.107 e. The van der Waals surface area contributed by atoms with Gasteiger partial charge in [0.1, 0.15) is 5.03 Å². The molecular weight excluding hydrogens is 266 g/mol. The molecule has 0 fully saturated rings. The van der Waals surface area contributed by atoms with E-state index in [1.807, 2.05) is 36.4 Å². The van der Waals surface area contributed by atoms with Crippen molar-refractivity contribution < 1.29 is 5.11 Å². The minimum atomic E-state index is 0.00594. The Morgan fingerprint density at radius 3 is 2.70 bits per heavy atom. The van der Waals surface area contributed by atoms with Crippen LogP contribution in [0.1, 0.15) is 11.1 Å². The van der Waals surface area contributed by atoms with Crippen molar-refractivity contribution in [1.82, 2.24) is 4.98 Å². The van der Waals surface area contributed by atoms with Crippen LogP contribution in [0.2, 0.25) is 0 Å². The Kier molecular flexibility index (Phi) is 3.72. The molecule has 0 aliphatic carbocycles. The number of aliphatic hydroxyl groups excluding tert-OH is 1. The highest BCUT2D eigenvalue weighted by molar-refractivity contribution is 7.99. The van der Waals surface area contributed by atoms with Crippen molar-refractivity contribution in [2.75, 3.05) is 0 Å². The van der Waals surface area contributed by atoms with Crippen LogP contribution in [0.4, 0.5) is 0 Å². The third-order valence-corrected chi connectivity index (χ3v) is 4.17. The summed E-state index contributed by atoms with van der Waals surface area (Å²) in [6, 6.07) is 18.3. The average molecular weight is 281 g/mol. The Hall–Kier alpha value is -1.84. The first kappa shape index (κ1) is 13.2. The van der Waals surface area contributed by atoms with Crippen molar-refractivity contribution in [2.45, 2.75) is 23.5 Å². The Morgan fingerprint density at radius 1 is 1.05 bits per heavy atom. The first-order valence-corrected chi connectivity index (χ1v) is 7.32. The number of rotatable bonds is 3. The number of nitrogens with zero attached hydrogens (tertiary/aromatic N) is 1. The Labute approximate surface area is 122 Å². The number of aromatic nitrogens is 1. The van der Waals surface area contributed by atoms with Crippen molar-refractivity contribution in [3.05, 3.63) is 65.7 Å². The lowest BCUT2D eigenvalue weighted by atomic mass is 10.2. The molecule has 1 N–H and O–H groups in total. The summed E-state index contributed by atoms with van der Waals surface area (Å²) in [4.78, 5) is 5.82. The Morgan fingerprint density at radius 2 is 1.90 bits per heavy atom. The molecule has 1 heterocycles. The minimum absolute atomic E-state index is 0.00594. The molecule has 3 rings (SSSR count). The molecule has 0 saturated heterocycles. The summed E-state index contributed by atoms with van der Waals surface area (Å²) in [7, 11) is 0. The van der Waals surface area contributed by atoms with E-state index >= 15 is 0 Å². The maximum atomic E-state index is 9.56. The van der Waals surface area contributed by atoms with Crippen molar-refractivity contribution in [3.8, 4) is 0 Å². The number of hydrogen-bond donors (Lipinski definition) is 1. The fraction of sp³-hybridized carbons (Fsp3) is 0.118. The average Bonchev–Trinajstić information content (AvgIpc) is 2.46. The second kappa shape index (κ2) is 5.65. The lowest BCUT2D eigenvalue weighted by Crippen LogP contribution is -1.93. The van der Waals surface area contributed by atoms with Gasteiger partial charge in [0.05, 0.1) is 12.1 Å². The van der Waals surface area contributed by atoms with Crippen LogP contribution in [0.15, 0.2) is 64.5 Å². The number of fused-ring (bicyclic) bond motifs is 1. The summed E-state index contributed by atoms with van der Waals surface area (Å²) in [5.41, 5.74) is 3.05. The van der Waals surface area contributed by atoms with Gasteiger partial charge in [0.25, 0.3) is 0 Å². The predicted molar refractivity (Wildman–Crippen MR) is 83.0 cm³/mol. The van der Waals surface area contributed by atoms with Crippen LogP contribution in [0.5, 0.6) is 0 Å². The fourth-order valence-corrected chi connectivity index (χ4v) is 3.15. The second-order valence-electron chi connectivity index (χ2n) is 4.72. The zero-order chi connectivity index (χ0) is 13.9. The molecule has 0 aliphatic rings. The van der Waals surface area contributed by atoms with Gasteiger partial charge in [-0.3, -0.25) is 0 Å². The molecule has 3 heteroatoms. The number of benzene rings is 2. The molecule has 100 valence electrons. The molecule has 0 bridgehead atoms. The van der Waals surface area contributed by atoms with Crippen LogP contribution in [0.3, 0.4) is 0 Å². The van der Waals surface area contributed by atoms with Gasteiger partial charge in [0.15, 0.2) is 0 Å². The van der Waals surface area contributed by atoms with Gasteiger partial charge < -0.3 is 5.11 Å². The molecule has 0 atom stereocenters. The van der Waals surface area contributed by atoms with Gasteiger partial charge in [-0.1, -0.05) is 47.7 Å². The number of para-hydroxylation sites is 1. The molecule has 1 aromatic heterocycles. The molecule has 0 spiro atoms. The summed E-state index contributed by atoms with van der Waals surface area (Å²) in [5.74, 6) is 0. The van der Waals surface area contributed by atoms with Crippen LogP contribution >= 0.6 is 11.8 Å². The zero-order valence-electron chi connectivity index (χ0n) is 11.2. The normalized spacial score (nSPS) is 10.9. The standard InChI is InChI=1S/C17H15NOS/c1-12-5-4-7-15(9-12)20-17-14(11-19)10-13-6-2-3-8-16(13)18-17/h2-10,19H,11H2,1H3. The van der Waals surface area contributed by atoms with Crippen LogP contribution in [-0.4, -0.2) is 10.1 Å². The third kappa shape index (κ3) is 2.69. The SMILES string of the molecule is Cc1cccc(Sc2nc3ccccc3cc2CO)c1. The minimum Gasteiger partial charge on any atom is -0.392 e. The maximum absolute atomic E-state index is 9.56.